The molecule has 0 fully saturated rings. The molecule has 0 aliphatic rings. The summed E-state index contributed by atoms with van der Waals surface area (Å²) in [5, 5.41) is 3.31. The largest absolute Gasteiger partial charge is 0.464 e. The number of nitrogens with two attached hydrogens (primary N) is 1. The number of hydrogen-bond donors (Lipinski definition) is 2. The highest BCUT2D eigenvalue weighted by molar-refractivity contribution is 6.35. The van der Waals surface area contributed by atoms with Crippen LogP contribution in [-0.2, 0) is 9.53 Å². The Morgan fingerprint density at radius 1 is 1.55 bits per heavy atom. The summed E-state index contributed by atoms with van der Waals surface area (Å²) in [5.74, 6) is -0.612. The van der Waals surface area contributed by atoms with Gasteiger partial charge in [0, 0.05) is 0 Å². The molecule has 11 heavy (non-hydrogen) atoms. The van der Waals surface area contributed by atoms with Crippen molar-refractivity contribution in [3.63, 3.8) is 0 Å². The summed E-state index contributed by atoms with van der Waals surface area (Å²) < 4.78 is 4.28. The molecule has 62 valence electrons. The summed E-state index contributed by atoms with van der Waals surface area (Å²) in [7, 11) is 1.21. The lowest BCUT2D eigenvalue weighted by Crippen LogP contribution is -2.27. The predicted octanol–water partition coefficient (Wildman–Crippen LogP) is -0.796. The number of carbonyl (C=O) groups excluding carboxylic acids is 2. The molecule has 0 atom stereocenters. The van der Waals surface area contributed by atoms with Gasteiger partial charge < -0.3 is 10.5 Å². The summed E-state index contributed by atoms with van der Waals surface area (Å²) in [6.07, 6.45) is 0. The molecule has 0 unspecified atom stereocenters. The Bertz CT molecular complexity index is 199. The molecule has 0 saturated carbocycles. The number of ether oxygens (including phenoxy) is 1. The number of rotatable bonds is 2. The molecule has 0 radical (unpaired) electrons. The van der Waals surface area contributed by atoms with Crippen LogP contribution in [0.3, 0.4) is 0 Å². The molecular formula is C5H9N3O3. The van der Waals surface area contributed by atoms with Gasteiger partial charge in [-0.15, -0.1) is 0 Å². The van der Waals surface area contributed by atoms with Gasteiger partial charge in [0.15, 0.2) is 0 Å². The minimum Gasteiger partial charge on any atom is -0.464 e. The van der Waals surface area contributed by atoms with E-state index < -0.39 is 12.0 Å². The van der Waals surface area contributed by atoms with Crippen LogP contribution < -0.4 is 11.2 Å². The van der Waals surface area contributed by atoms with E-state index in [0.29, 0.717) is 0 Å². The number of primary amides is 1. The van der Waals surface area contributed by atoms with Gasteiger partial charge >= 0.3 is 12.0 Å². The number of hydrogen-bond acceptors (Lipinski definition) is 4. The lowest BCUT2D eigenvalue weighted by atomic mass is 10.4. The van der Waals surface area contributed by atoms with Gasteiger partial charge in [-0.1, -0.05) is 0 Å². The Hall–Kier alpha value is -1.59. The molecule has 0 aromatic rings. The van der Waals surface area contributed by atoms with E-state index >= 15 is 0 Å². The Balaban J connectivity index is 4.00. The van der Waals surface area contributed by atoms with Crippen molar-refractivity contribution < 1.29 is 14.3 Å². The van der Waals surface area contributed by atoms with Crippen molar-refractivity contribution in [1.82, 2.24) is 5.43 Å². The number of carbonyl (C=O) groups is 2. The van der Waals surface area contributed by atoms with Gasteiger partial charge in [0.2, 0.25) is 0 Å². The number of hydrazone groups is 1. The van der Waals surface area contributed by atoms with E-state index in [1.807, 2.05) is 5.43 Å². The quantitative estimate of drug-likeness (QED) is 0.314. The molecule has 0 rings (SSSR count). The number of methoxy groups -OCH3 is 1. The van der Waals surface area contributed by atoms with Gasteiger partial charge in [-0.25, -0.2) is 15.0 Å². The third-order valence-corrected chi connectivity index (χ3v) is 0.815. The van der Waals surface area contributed by atoms with Gasteiger partial charge in [-0.2, -0.15) is 5.10 Å². The molecule has 2 amide bonds. The minimum absolute atomic E-state index is 0.0336. The first-order valence-corrected chi connectivity index (χ1v) is 2.76. The summed E-state index contributed by atoms with van der Waals surface area (Å²) in [6.45, 7) is 1.39. The van der Waals surface area contributed by atoms with Crippen molar-refractivity contribution in [1.29, 1.82) is 0 Å². The first-order chi connectivity index (χ1) is 5.07. The highest BCUT2D eigenvalue weighted by Crippen LogP contribution is 1.78. The van der Waals surface area contributed by atoms with Gasteiger partial charge in [0.25, 0.3) is 0 Å². The zero-order valence-corrected chi connectivity index (χ0v) is 6.25. The Morgan fingerprint density at radius 2 is 2.09 bits per heavy atom. The van der Waals surface area contributed by atoms with Crippen LogP contribution in [0.2, 0.25) is 0 Å². The van der Waals surface area contributed by atoms with Gasteiger partial charge in [0.05, 0.1) is 7.11 Å². The van der Waals surface area contributed by atoms with Gasteiger partial charge in [-0.3, -0.25) is 0 Å². The molecule has 0 aliphatic carbocycles. The normalized spacial score (nSPS) is 10.5. The molecule has 6 nitrogen and oxygen atoms in total. The third kappa shape index (κ3) is 3.90. The maximum absolute atomic E-state index is 10.6. The van der Waals surface area contributed by atoms with Crippen LogP contribution >= 0.6 is 0 Å². The standard InChI is InChI=1S/C5H9N3O3/c1-3(4(9)11-2)7-8-5(6)10/h1-2H3,(H3,6,8,10). The summed E-state index contributed by atoms with van der Waals surface area (Å²) in [4.78, 5) is 20.6. The average molecular weight is 159 g/mol. The van der Waals surface area contributed by atoms with E-state index in [4.69, 9.17) is 0 Å². The summed E-state index contributed by atoms with van der Waals surface area (Å²) >= 11 is 0. The molecule has 0 aromatic heterocycles. The molecule has 0 bridgehead atoms. The Morgan fingerprint density at radius 3 is 2.45 bits per heavy atom. The molecule has 0 aliphatic heterocycles. The molecule has 3 N–H and O–H groups in total. The first kappa shape index (κ1) is 9.41. The monoisotopic (exact) mass is 159 g/mol. The van der Waals surface area contributed by atoms with Crippen LogP contribution in [0.1, 0.15) is 6.92 Å². The highest BCUT2D eigenvalue weighted by Gasteiger charge is 2.03. The number of esters is 1. The topological polar surface area (TPSA) is 93.8 Å². The predicted molar refractivity (Wildman–Crippen MR) is 37.8 cm³/mol. The van der Waals surface area contributed by atoms with Crippen molar-refractivity contribution in [2.24, 2.45) is 10.8 Å². The fourth-order valence-electron chi connectivity index (χ4n) is 0.332. The number of nitrogens with zero attached hydrogens (tertiary/aromatic N) is 1. The third-order valence-electron chi connectivity index (χ3n) is 0.815. The van der Waals surface area contributed by atoms with Crippen molar-refractivity contribution in [3.05, 3.63) is 0 Å². The molecule has 0 spiro atoms. The fraction of sp³-hybridized carbons (Fsp3) is 0.400. The SMILES string of the molecule is COC(=O)C(C)=NNC(N)=O. The van der Waals surface area contributed by atoms with E-state index in [0.717, 1.165) is 0 Å². The second-order valence-corrected chi connectivity index (χ2v) is 1.66. The zero-order chi connectivity index (χ0) is 8.85. The number of urea groups is 1. The van der Waals surface area contributed by atoms with Gasteiger partial charge in [-0.05, 0) is 6.92 Å². The fourth-order valence-corrected chi connectivity index (χ4v) is 0.332. The average Bonchev–Trinajstić information content (AvgIpc) is 1.98. The van der Waals surface area contributed by atoms with Crippen molar-refractivity contribution in [2.75, 3.05) is 7.11 Å². The van der Waals surface area contributed by atoms with E-state index in [1.54, 1.807) is 0 Å². The van der Waals surface area contributed by atoms with Crippen LogP contribution in [0.4, 0.5) is 4.79 Å². The smallest absolute Gasteiger partial charge is 0.353 e. The van der Waals surface area contributed by atoms with Crippen molar-refractivity contribution >= 4 is 17.7 Å². The lowest BCUT2D eigenvalue weighted by molar-refractivity contribution is -0.132. The maximum atomic E-state index is 10.6. The maximum Gasteiger partial charge on any atom is 0.353 e. The van der Waals surface area contributed by atoms with Gasteiger partial charge in [0.1, 0.15) is 5.71 Å². The lowest BCUT2D eigenvalue weighted by Gasteiger charge is -1.96. The van der Waals surface area contributed by atoms with E-state index in [9.17, 15) is 9.59 Å². The summed E-state index contributed by atoms with van der Waals surface area (Å²) in [5.41, 5.74) is 6.59. The molecule has 6 heteroatoms. The van der Waals surface area contributed by atoms with E-state index in [1.165, 1.54) is 14.0 Å². The Labute approximate surface area is 63.4 Å². The second-order valence-electron chi connectivity index (χ2n) is 1.66. The number of nitrogens with one attached hydrogen (secondary N) is 1. The first-order valence-electron chi connectivity index (χ1n) is 2.76. The van der Waals surface area contributed by atoms with Crippen molar-refractivity contribution in [2.45, 2.75) is 6.92 Å². The second kappa shape index (κ2) is 4.26. The molecule has 0 heterocycles. The zero-order valence-electron chi connectivity index (χ0n) is 6.25. The van der Waals surface area contributed by atoms with E-state index in [-0.39, 0.29) is 5.71 Å². The van der Waals surface area contributed by atoms with Crippen LogP contribution in [0.25, 0.3) is 0 Å². The van der Waals surface area contributed by atoms with E-state index in [2.05, 4.69) is 15.6 Å². The molecule has 0 aromatic carbocycles. The Kier molecular flexibility index (Phi) is 3.65. The molecule has 0 saturated heterocycles. The van der Waals surface area contributed by atoms with Crippen LogP contribution in [0.15, 0.2) is 5.10 Å². The number of amides is 2. The highest BCUT2D eigenvalue weighted by atomic mass is 16.5. The van der Waals surface area contributed by atoms with Crippen LogP contribution in [-0.4, -0.2) is 24.8 Å². The van der Waals surface area contributed by atoms with Crippen LogP contribution in [0, 0.1) is 0 Å². The van der Waals surface area contributed by atoms with Crippen molar-refractivity contribution in [3.8, 4) is 0 Å². The summed E-state index contributed by atoms with van der Waals surface area (Å²) in [6, 6.07) is -0.826. The molecular weight excluding hydrogens is 150 g/mol. The minimum atomic E-state index is -0.826. The van der Waals surface area contributed by atoms with Crippen LogP contribution in [0.5, 0.6) is 0 Å².